The van der Waals surface area contributed by atoms with Crippen molar-refractivity contribution in [2.45, 2.75) is 26.4 Å². The van der Waals surface area contributed by atoms with Gasteiger partial charge >= 0.3 is 0 Å². The number of nitriles is 1. The second kappa shape index (κ2) is 7.62. The number of anilines is 1. The van der Waals surface area contributed by atoms with Crippen molar-refractivity contribution in [1.82, 2.24) is 14.7 Å². The van der Waals surface area contributed by atoms with Gasteiger partial charge < -0.3 is 4.90 Å². The number of rotatable bonds is 4. The summed E-state index contributed by atoms with van der Waals surface area (Å²) in [4.78, 5) is 4.01. The molecule has 0 unspecified atom stereocenters. The molecule has 5 nitrogen and oxygen atoms in total. The molecule has 0 aliphatic carbocycles. The fraction of sp³-hybridized carbons (Fsp3) is 0.444. The van der Waals surface area contributed by atoms with E-state index in [-0.39, 0.29) is 11.3 Å². The molecule has 1 fully saturated rings. The van der Waals surface area contributed by atoms with Gasteiger partial charge in [-0.1, -0.05) is 0 Å². The molecular weight excluding hydrogens is 324 g/mol. The summed E-state index contributed by atoms with van der Waals surface area (Å²) in [5, 5.41) is 13.1. The molecule has 2 aromatic rings. The third-order valence-corrected chi connectivity index (χ3v) is 4.47. The number of hydrogen-bond acceptors (Lipinski definition) is 4. The lowest BCUT2D eigenvalue weighted by molar-refractivity contribution is 0.285. The molecule has 0 radical (unpaired) electrons. The Morgan fingerprint density at radius 3 is 2.56 bits per heavy atom. The van der Waals surface area contributed by atoms with Crippen molar-refractivity contribution in [3.63, 3.8) is 0 Å². The fourth-order valence-corrected chi connectivity index (χ4v) is 3.20. The van der Waals surface area contributed by atoms with Gasteiger partial charge in [-0.05, 0) is 25.5 Å². The van der Waals surface area contributed by atoms with Crippen LogP contribution in [-0.4, -0.2) is 40.9 Å². The minimum absolute atomic E-state index is 0.00290. The highest BCUT2D eigenvalue weighted by molar-refractivity contribution is 5.52. The van der Waals surface area contributed by atoms with Crippen molar-refractivity contribution < 1.29 is 8.78 Å². The largest absolute Gasteiger partial charge is 0.365 e. The quantitative estimate of drug-likeness (QED) is 0.855. The Balaban J connectivity index is 1.68. The molecule has 2 heterocycles. The number of aromatic nitrogens is 2. The van der Waals surface area contributed by atoms with Gasteiger partial charge in [0.05, 0.1) is 17.8 Å². The number of halogens is 2. The van der Waals surface area contributed by atoms with Gasteiger partial charge in [0.25, 0.3) is 0 Å². The Morgan fingerprint density at radius 1 is 1.16 bits per heavy atom. The van der Waals surface area contributed by atoms with Crippen LogP contribution in [0.2, 0.25) is 0 Å². The molecule has 0 spiro atoms. The first-order valence-electron chi connectivity index (χ1n) is 8.48. The van der Waals surface area contributed by atoms with Crippen LogP contribution in [-0.2, 0) is 13.1 Å². The van der Waals surface area contributed by atoms with E-state index in [0.717, 1.165) is 50.3 Å². The Kier molecular flexibility index (Phi) is 5.29. The molecule has 0 N–H and O–H groups in total. The Morgan fingerprint density at radius 2 is 1.92 bits per heavy atom. The van der Waals surface area contributed by atoms with Crippen molar-refractivity contribution >= 4 is 5.69 Å². The second-order valence-corrected chi connectivity index (χ2v) is 6.22. The highest BCUT2D eigenvalue weighted by atomic mass is 19.1. The normalized spacial score (nSPS) is 15.8. The van der Waals surface area contributed by atoms with Crippen molar-refractivity contribution in [1.29, 1.82) is 5.26 Å². The summed E-state index contributed by atoms with van der Waals surface area (Å²) in [5.74, 6) is -1.34. The van der Waals surface area contributed by atoms with Gasteiger partial charge in [-0.25, -0.2) is 8.78 Å². The van der Waals surface area contributed by atoms with Gasteiger partial charge in [-0.2, -0.15) is 10.4 Å². The summed E-state index contributed by atoms with van der Waals surface area (Å²) < 4.78 is 30.4. The van der Waals surface area contributed by atoms with E-state index in [4.69, 9.17) is 5.26 Å². The Bertz CT molecular complexity index is 757. The van der Waals surface area contributed by atoms with Crippen LogP contribution in [0, 0.1) is 23.0 Å². The monoisotopic (exact) mass is 345 g/mol. The summed E-state index contributed by atoms with van der Waals surface area (Å²) in [6, 6.07) is 3.97. The van der Waals surface area contributed by atoms with Gasteiger partial charge in [0.1, 0.15) is 5.69 Å². The summed E-state index contributed by atoms with van der Waals surface area (Å²) in [5.41, 5.74) is 1.12. The lowest BCUT2D eigenvalue weighted by Gasteiger charge is -2.24. The Hall–Kier alpha value is -2.46. The topological polar surface area (TPSA) is 48.1 Å². The van der Waals surface area contributed by atoms with Crippen LogP contribution in [0.1, 0.15) is 24.5 Å². The smallest absolute Gasteiger partial charge is 0.150 e. The summed E-state index contributed by atoms with van der Waals surface area (Å²) in [6.07, 6.45) is 4.72. The van der Waals surface area contributed by atoms with Crippen LogP contribution in [0.4, 0.5) is 14.5 Å². The first-order valence-corrected chi connectivity index (χ1v) is 8.48. The maximum Gasteiger partial charge on any atom is 0.150 e. The summed E-state index contributed by atoms with van der Waals surface area (Å²) >= 11 is 0. The molecule has 25 heavy (non-hydrogen) atoms. The van der Waals surface area contributed by atoms with Crippen molar-refractivity contribution in [3.05, 3.63) is 47.3 Å². The molecule has 1 aromatic heterocycles. The van der Waals surface area contributed by atoms with E-state index in [1.165, 1.54) is 0 Å². The average molecular weight is 345 g/mol. The van der Waals surface area contributed by atoms with Gasteiger partial charge in [0.2, 0.25) is 0 Å². The van der Waals surface area contributed by atoms with Crippen molar-refractivity contribution in [2.75, 3.05) is 31.1 Å². The molecule has 0 atom stereocenters. The summed E-state index contributed by atoms with van der Waals surface area (Å²) in [6.45, 7) is 6.38. The zero-order chi connectivity index (χ0) is 17.8. The lowest BCUT2D eigenvalue weighted by atomic mass is 10.2. The third kappa shape index (κ3) is 3.97. The maximum absolute atomic E-state index is 14.2. The highest BCUT2D eigenvalue weighted by Crippen LogP contribution is 2.26. The van der Waals surface area contributed by atoms with Crippen LogP contribution in [0.25, 0.3) is 0 Å². The van der Waals surface area contributed by atoms with Gasteiger partial charge in [0, 0.05) is 51.0 Å². The van der Waals surface area contributed by atoms with Gasteiger partial charge in [-0.3, -0.25) is 9.58 Å². The molecule has 0 bridgehead atoms. The predicted molar refractivity (Wildman–Crippen MR) is 91.1 cm³/mol. The van der Waals surface area contributed by atoms with E-state index in [1.807, 2.05) is 24.0 Å². The highest BCUT2D eigenvalue weighted by Gasteiger charge is 2.21. The number of nitrogens with zero attached hydrogens (tertiary/aromatic N) is 5. The van der Waals surface area contributed by atoms with E-state index in [9.17, 15) is 8.78 Å². The standard InChI is InChI=1S/C18H21F2N5/c1-2-25-13-15(11-22-25)12-23-4-3-5-24(7-6-23)18-16(19)8-14(10-21)9-17(18)20/h8-9,11,13H,2-7,12H2,1H3. The Labute approximate surface area is 146 Å². The number of benzene rings is 1. The molecule has 132 valence electrons. The van der Waals surface area contributed by atoms with Crippen LogP contribution >= 0.6 is 0 Å². The van der Waals surface area contributed by atoms with E-state index in [2.05, 4.69) is 10.00 Å². The molecule has 1 aromatic carbocycles. The lowest BCUT2D eigenvalue weighted by Crippen LogP contribution is -2.31. The molecule has 0 amide bonds. The predicted octanol–water partition coefficient (Wildman–Crippen LogP) is 2.77. The zero-order valence-corrected chi connectivity index (χ0v) is 14.3. The third-order valence-electron chi connectivity index (χ3n) is 4.47. The molecular formula is C18H21F2N5. The van der Waals surface area contributed by atoms with E-state index in [1.54, 1.807) is 11.0 Å². The minimum atomic E-state index is -0.672. The minimum Gasteiger partial charge on any atom is -0.365 e. The van der Waals surface area contributed by atoms with E-state index < -0.39 is 11.6 Å². The van der Waals surface area contributed by atoms with Gasteiger partial charge in [0.15, 0.2) is 11.6 Å². The van der Waals surface area contributed by atoms with Gasteiger partial charge in [-0.15, -0.1) is 0 Å². The van der Waals surface area contributed by atoms with Crippen LogP contribution in [0.5, 0.6) is 0 Å². The van der Waals surface area contributed by atoms with E-state index in [0.29, 0.717) is 13.1 Å². The van der Waals surface area contributed by atoms with Crippen LogP contribution in [0.3, 0.4) is 0 Å². The average Bonchev–Trinajstić information content (AvgIpc) is 2.93. The van der Waals surface area contributed by atoms with Crippen molar-refractivity contribution in [3.8, 4) is 6.07 Å². The first kappa shape index (κ1) is 17.4. The molecule has 1 aliphatic heterocycles. The first-order chi connectivity index (χ1) is 12.1. The summed E-state index contributed by atoms with van der Waals surface area (Å²) in [7, 11) is 0. The van der Waals surface area contributed by atoms with Crippen LogP contribution in [0.15, 0.2) is 24.5 Å². The number of aryl methyl sites for hydroxylation is 1. The fourth-order valence-electron chi connectivity index (χ4n) is 3.20. The van der Waals surface area contributed by atoms with E-state index >= 15 is 0 Å². The molecule has 7 heteroatoms. The van der Waals surface area contributed by atoms with Crippen molar-refractivity contribution in [2.24, 2.45) is 0 Å². The zero-order valence-electron chi connectivity index (χ0n) is 14.3. The number of hydrogen-bond donors (Lipinski definition) is 0. The maximum atomic E-state index is 14.2. The molecule has 3 rings (SSSR count). The molecule has 1 aliphatic rings. The SMILES string of the molecule is CCn1cc(CN2CCCN(c3c(F)cc(C#N)cc3F)CC2)cn1. The van der Waals surface area contributed by atoms with Crippen LogP contribution < -0.4 is 4.90 Å². The molecule has 0 saturated carbocycles. The molecule has 1 saturated heterocycles. The second-order valence-electron chi connectivity index (χ2n) is 6.22.